The van der Waals surface area contributed by atoms with Crippen LogP contribution in [-0.2, 0) is 0 Å². The number of hydrogen-bond donors (Lipinski definition) is 1. The molecule has 0 unspecified atom stereocenters. The first-order valence-electron chi connectivity index (χ1n) is 9.78. The molecule has 0 saturated heterocycles. The molecular weight excluding hydrogens is 320 g/mol. The van der Waals surface area contributed by atoms with Crippen molar-refractivity contribution in [3.8, 4) is 0 Å². The van der Waals surface area contributed by atoms with Crippen LogP contribution < -0.4 is 0 Å². The Bertz CT molecular complexity index is 364. The van der Waals surface area contributed by atoms with Gasteiger partial charge in [-0.2, -0.15) is 12.6 Å². The first-order valence-corrected chi connectivity index (χ1v) is 10.4. The van der Waals surface area contributed by atoms with Crippen molar-refractivity contribution in [1.29, 1.82) is 0 Å². The van der Waals surface area contributed by atoms with E-state index in [0.717, 1.165) is 5.75 Å². The van der Waals surface area contributed by atoms with Gasteiger partial charge < -0.3 is 0 Å². The summed E-state index contributed by atoms with van der Waals surface area (Å²) in [6, 6.07) is 10.0. The number of rotatable bonds is 12. The molecule has 0 fully saturated rings. The minimum atomic E-state index is 1.07. The third-order valence-electron chi connectivity index (χ3n) is 3.71. The summed E-state index contributed by atoms with van der Waals surface area (Å²) >= 11 is 4.20. The van der Waals surface area contributed by atoms with Crippen LogP contribution in [0.5, 0.6) is 0 Å². The normalized spacial score (nSPS) is 9.04. The van der Waals surface area contributed by atoms with E-state index >= 15 is 0 Å². The van der Waals surface area contributed by atoms with Crippen LogP contribution in [0.1, 0.15) is 76.7 Å². The standard InChI is InChI=1S/C12H26S.C8H8.C4H6/c1-2-3-4-5-6-7-8-9-10-11-12-13;1-2-8-6-4-3-5-7-8;1-3-4-2/h13H,2-12H2,1H3;2-7H,1H2;3-4H,1-2H2. The molecule has 1 aromatic carbocycles. The van der Waals surface area contributed by atoms with Gasteiger partial charge in [0.05, 0.1) is 0 Å². The number of thiol groups is 1. The molecule has 0 bridgehead atoms. The molecule has 0 N–H and O–H groups in total. The monoisotopic (exact) mass is 360 g/mol. The van der Waals surface area contributed by atoms with Gasteiger partial charge in [0.15, 0.2) is 0 Å². The van der Waals surface area contributed by atoms with Crippen LogP contribution >= 0.6 is 12.6 Å². The molecule has 142 valence electrons. The molecule has 0 heterocycles. The lowest BCUT2D eigenvalue weighted by Crippen LogP contribution is -1.81. The average molecular weight is 361 g/mol. The van der Waals surface area contributed by atoms with E-state index in [-0.39, 0.29) is 0 Å². The molecule has 0 atom stereocenters. The van der Waals surface area contributed by atoms with Gasteiger partial charge >= 0.3 is 0 Å². The molecule has 0 aliphatic carbocycles. The number of allylic oxidation sites excluding steroid dienone is 2. The average Bonchev–Trinajstić information content (AvgIpc) is 2.68. The Morgan fingerprint density at radius 1 is 0.720 bits per heavy atom. The Balaban J connectivity index is 0. The molecule has 0 radical (unpaired) electrons. The van der Waals surface area contributed by atoms with E-state index in [1.165, 1.54) is 69.8 Å². The lowest BCUT2D eigenvalue weighted by atomic mass is 10.1. The largest absolute Gasteiger partial charge is 0.179 e. The highest BCUT2D eigenvalue weighted by atomic mass is 32.1. The van der Waals surface area contributed by atoms with Crippen LogP contribution in [0, 0.1) is 0 Å². The van der Waals surface area contributed by atoms with Crippen LogP contribution in [0.2, 0.25) is 0 Å². The first-order chi connectivity index (χ1) is 12.3. The maximum absolute atomic E-state index is 4.20. The first kappa shape index (κ1) is 26.0. The maximum atomic E-state index is 4.20. The molecule has 0 aliphatic rings. The van der Waals surface area contributed by atoms with Crippen LogP contribution in [-0.4, -0.2) is 5.75 Å². The number of hydrogen-bond acceptors (Lipinski definition) is 1. The Hall–Kier alpha value is -1.21. The summed E-state index contributed by atoms with van der Waals surface area (Å²) in [5.41, 5.74) is 1.17. The molecule has 1 heteroatoms. The lowest BCUT2D eigenvalue weighted by molar-refractivity contribution is 0.563. The maximum Gasteiger partial charge on any atom is -0.00979 e. The van der Waals surface area contributed by atoms with Crippen LogP contribution in [0.3, 0.4) is 0 Å². The topological polar surface area (TPSA) is 0 Å². The van der Waals surface area contributed by atoms with Gasteiger partial charge in [0.25, 0.3) is 0 Å². The quantitative estimate of drug-likeness (QED) is 0.215. The zero-order valence-corrected chi connectivity index (χ0v) is 17.4. The van der Waals surface area contributed by atoms with Gasteiger partial charge in [-0.1, -0.05) is 133 Å². The highest BCUT2D eigenvalue weighted by Gasteiger charge is 1.91. The summed E-state index contributed by atoms with van der Waals surface area (Å²) in [6.45, 7) is 12.6. The highest BCUT2D eigenvalue weighted by Crippen LogP contribution is 2.10. The van der Waals surface area contributed by atoms with E-state index in [1.807, 2.05) is 36.4 Å². The SMILES string of the molecule is C=CC=C.C=Cc1ccccc1.CCCCCCCCCCCCS. The van der Waals surface area contributed by atoms with Crippen LogP contribution in [0.4, 0.5) is 0 Å². The van der Waals surface area contributed by atoms with Crippen molar-refractivity contribution in [2.75, 3.05) is 5.75 Å². The van der Waals surface area contributed by atoms with E-state index in [1.54, 1.807) is 12.2 Å². The smallest absolute Gasteiger partial charge is 0.00979 e. The fraction of sp³-hybridized carbons (Fsp3) is 0.500. The fourth-order valence-electron chi connectivity index (χ4n) is 2.19. The van der Waals surface area contributed by atoms with E-state index in [9.17, 15) is 0 Å². The molecule has 0 aliphatic heterocycles. The summed E-state index contributed by atoms with van der Waals surface area (Å²) < 4.78 is 0. The van der Waals surface area contributed by atoms with Gasteiger partial charge in [-0.05, 0) is 17.7 Å². The summed E-state index contributed by atoms with van der Waals surface area (Å²) in [6.07, 6.45) is 19.3. The van der Waals surface area contributed by atoms with Crippen LogP contribution in [0.25, 0.3) is 6.08 Å². The Kier molecular flexibility index (Phi) is 26.1. The van der Waals surface area contributed by atoms with Crippen molar-refractivity contribution in [3.05, 3.63) is 67.8 Å². The Labute approximate surface area is 163 Å². The predicted octanol–water partition coefficient (Wildman–Crippen LogP) is 8.53. The second-order valence-corrected chi connectivity index (χ2v) is 6.44. The second-order valence-electron chi connectivity index (χ2n) is 5.99. The molecule has 1 rings (SSSR count). The van der Waals surface area contributed by atoms with Crippen molar-refractivity contribution in [3.63, 3.8) is 0 Å². The molecule has 0 aromatic heterocycles. The molecule has 0 spiro atoms. The van der Waals surface area contributed by atoms with Crippen molar-refractivity contribution >= 4 is 18.7 Å². The second kappa shape index (κ2) is 25.0. The van der Waals surface area contributed by atoms with E-state index < -0.39 is 0 Å². The minimum absolute atomic E-state index is 1.07. The van der Waals surface area contributed by atoms with Gasteiger partial charge in [0.1, 0.15) is 0 Å². The third kappa shape index (κ3) is 25.2. The summed E-state index contributed by atoms with van der Waals surface area (Å²) in [4.78, 5) is 0. The molecule has 0 saturated carbocycles. The van der Waals surface area contributed by atoms with Crippen molar-refractivity contribution < 1.29 is 0 Å². The van der Waals surface area contributed by atoms with Gasteiger partial charge in [0.2, 0.25) is 0 Å². The van der Waals surface area contributed by atoms with Gasteiger partial charge in [-0.3, -0.25) is 0 Å². The summed E-state index contributed by atoms with van der Waals surface area (Å²) in [5.74, 6) is 1.07. The van der Waals surface area contributed by atoms with Crippen molar-refractivity contribution in [2.45, 2.75) is 71.1 Å². The fourth-order valence-corrected chi connectivity index (χ4v) is 2.41. The predicted molar refractivity (Wildman–Crippen MR) is 123 cm³/mol. The lowest BCUT2D eigenvalue weighted by Gasteiger charge is -2.00. The van der Waals surface area contributed by atoms with E-state index in [4.69, 9.17) is 0 Å². The third-order valence-corrected chi connectivity index (χ3v) is 4.03. The molecule has 1 aromatic rings. The van der Waals surface area contributed by atoms with Crippen molar-refractivity contribution in [2.24, 2.45) is 0 Å². The number of benzene rings is 1. The zero-order chi connectivity index (χ0) is 19.0. The van der Waals surface area contributed by atoms with Crippen LogP contribution in [0.15, 0.2) is 62.2 Å². The Morgan fingerprint density at radius 3 is 1.48 bits per heavy atom. The highest BCUT2D eigenvalue weighted by molar-refractivity contribution is 7.80. The summed E-state index contributed by atoms with van der Waals surface area (Å²) in [7, 11) is 0. The molecule has 25 heavy (non-hydrogen) atoms. The van der Waals surface area contributed by atoms with Gasteiger partial charge in [-0.15, -0.1) is 0 Å². The number of unbranched alkanes of at least 4 members (excludes halogenated alkanes) is 9. The minimum Gasteiger partial charge on any atom is -0.179 e. The van der Waals surface area contributed by atoms with Gasteiger partial charge in [-0.25, -0.2) is 0 Å². The van der Waals surface area contributed by atoms with E-state index in [2.05, 4.69) is 39.3 Å². The zero-order valence-electron chi connectivity index (χ0n) is 16.5. The van der Waals surface area contributed by atoms with E-state index in [0.29, 0.717) is 0 Å². The molecule has 0 nitrogen and oxygen atoms in total. The summed E-state index contributed by atoms with van der Waals surface area (Å²) in [5, 5.41) is 0. The van der Waals surface area contributed by atoms with Crippen molar-refractivity contribution in [1.82, 2.24) is 0 Å². The Morgan fingerprint density at radius 2 is 1.16 bits per heavy atom. The van der Waals surface area contributed by atoms with Gasteiger partial charge in [0, 0.05) is 0 Å². The molecule has 0 amide bonds. The molecular formula is C24H40S.